The van der Waals surface area contributed by atoms with Gasteiger partial charge < -0.3 is 10.4 Å². The highest BCUT2D eigenvalue weighted by atomic mass is 35.5. The van der Waals surface area contributed by atoms with E-state index in [9.17, 15) is 9.90 Å². The maximum absolute atomic E-state index is 11.5. The van der Waals surface area contributed by atoms with E-state index in [1.165, 1.54) is 13.1 Å². The minimum atomic E-state index is -0.356. The fraction of sp³-hybridized carbons (Fsp3) is 0.0833. The standard InChI is InChI=1S/C12H10ClNO2/c1-14-12(16)9-6-10(13)7-4-2-3-5-8(7)11(9)15/h2-6,15H,1H3,(H,14,16). The van der Waals surface area contributed by atoms with Crippen molar-refractivity contribution in [2.75, 3.05) is 7.05 Å². The molecule has 2 N–H and O–H groups in total. The zero-order valence-corrected chi connectivity index (χ0v) is 9.38. The highest BCUT2D eigenvalue weighted by Crippen LogP contribution is 2.33. The van der Waals surface area contributed by atoms with E-state index in [0.29, 0.717) is 10.4 Å². The molecule has 2 aromatic rings. The van der Waals surface area contributed by atoms with Gasteiger partial charge in [-0.2, -0.15) is 0 Å². The number of rotatable bonds is 1. The summed E-state index contributed by atoms with van der Waals surface area (Å²) in [5.41, 5.74) is 0.186. The first-order valence-electron chi connectivity index (χ1n) is 4.77. The first-order valence-corrected chi connectivity index (χ1v) is 5.15. The number of amides is 1. The van der Waals surface area contributed by atoms with Gasteiger partial charge in [-0.25, -0.2) is 0 Å². The Morgan fingerprint density at radius 1 is 1.31 bits per heavy atom. The van der Waals surface area contributed by atoms with Gasteiger partial charge in [0, 0.05) is 22.8 Å². The van der Waals surface area contributed by atoms with Crippen molar-refractivity contribution in [3.63, 3.8) is 0 Å². The predicted octanol–water partition coefficient (Wildman–Crippen LogP) is 2.56. The molecule has 1 amide bonds. The minimum absolute atomic E-state index is 0.0423. The van der Waals surface area contributed by atoms with Crippen molar-refractivity contribution in [3.8, 4) is 5.75 Å². The molecule has 0 atom stereocenters. The molecule has 4 heteroatoms. The molecule has 16 heavy (non-hydrogen) atoms. The van der Waals surface area contributed by atoms with Crippen LogP contribution in [0.15, 0.2) is 30.3 Å². The average molecular weight is 236 g/mol. The van der Waals surface area contributed by atoms with Crippen LogP contribution in [0.25, 0.3) is 10.8 Å². The second kappa shape index (κ2) is 4.02. The Kier molecular flexibility index (Phi) is 2.71. The lowest BCUT2D eigenvalue weighted by Crippen LogP contribution is -2.17. The monoisotopic (exact) mass is 235 g/mol. The molecular formula is C12H10ClNO2. The number of phenolic OH excluding ortho intramolecular Hbond substituents is 1. The Morgan fingerprint density at radius 3 is 2.56 bits per heavy atom. The predicted molar refractivity (Wildman–Crippen MR) is 64.0 cm³/mol. The lowest BCUT2D eigenvalue weighted by molar-refractivity contribution is 0.0960. The van der Waals surface area contributed by atoms with Crippen LogP contribution in [0.5, 0.6) is 5.75 Å². The van der Waals surface area contributed by atoms with Crippen LogP contribution >= 0.6 is 11.6 Å². The van der Waals surface area contributed by atoms with Crippen LogP contribution in [-0.2, 0) is 0 Å². The summed E-state index contributed by atoms with van der Waals surface area (Å²) >= 11 is 6.04. The van der Waals surface area contributed by atoms with Crippen molar-refractivity contribution < 1.29 is 9.90 Å². The van der Waals surface area contributed by atoms with Gasteiger partial charge in [0.25, 0.3) is 5.91 Å². The molecule has 0 aliphatic heterocycles. The van der Waals surface area contributed by atoms with Crippen molar-refractivity contribution >= 4 is 28.3 Å². The lowest BCUT2D eigenvalue weighted by Gasteiger charge is -2.08. The van der Waals surface area contributed by atoms with E-state index < -0.39 is 0 Å². The fourth-order valence-electron chi connectivity index (χ4n) is 1.62. The summed E-state index contributed by atoms with van der Waals surface area (Å²) < 4.78 is 0. The number of hydrogen-bond donors (Lipinski definition) is 2. The smallest absolute Gasteiger partial charge is 0.254 e. The van der Waals surface area contributed by atoms with Gasteiger partial charge in [-0.15, -0.1) is 0 Å². The van der Waals surface area contributed by atoms with E-state index in [2.05, 4.69) is 5.32 Å². The quantitative estimate of drug-likeness (QED) is 0.798. The molecule has 0 saturated heterocycles. The second-order valence-electron chi connectivity index (χ2n) is 3.38. The van der Waals surface area contributed by atoms with Crippen LogP contribution in [0, 0.1) is 0 Å². The summed E-state index contributed by atoms with van der Waals surface area (Å²) in [6.07, 6.45) is 0. The van der Waals surface area contributed by atoms with Gasteiger partial charge in [-0.3, -0.25) is 4.79 Å². The fourth-order valence-corrected chi connectivity index (χ4v) is 1.90. The van der Waals surface area contributed by atoms with Gasteiger partial charge in [-0.05, 0) is 6.07 Å². The molecule has 0 aliphatic carbocycles. The van der Waals surface area contributed by atoms with Gasteiger partial charge in [0.05, 0.1) is 5.56 Å². The molecule has 0 aromatic heterocycles. The first kappa shape index (κ1) is 10.8. The number of carbonyl (C=O) groups excluding carboxylic acids is 1. The third-order valence-electron chi connectivity index (χ3n) is 2.44. The van der Waals surface area contributed by atoms with E-state index in [4.69, 9.17) is 11.6 Å². The van der Waals surface area contributed by atoms with E-state index >= 15 is 0 Å². The Morgan fingerprint density at radius 2 is 1.94 bits per heavy atom. The largest absolute Gasteiger partial charge is 0.506 e. The Balaban J connectivity index is 2.80. The summed E-state index contributed by atoms with van der Waals surface area (Å²) in [6.45, 7) is 0. The van der Waals surface area contributed by atoms with Crippen LogP contribution in [0.1, 0.15) is 10.4 Å². The Bertz CT molecular complexity index is 566. The minimum Gasteiger partial charge on any atom is -0.506 e. The third-order valence-corrected chi connectivity index (χ3v) is 2.75. The molecule has 82 valence electrons. The summed E-state index contributed by atoms with van der Waals surface area (Å²) in [7, 11) is 1.50. The van der Waals surface area contributed by atoms with Crippen LogP contribution in [0.3, 0.4) is 0 Å². The van der Waals surface area contributed by atoms with Crippen molar-refractivity contribution in [2.45, 2.75) is 0 Å². The molecule has 0 spiro atoms. The highest BCUT2D eigenvalue weighted by molar-refractivity contribution is 6.36. The first-order chi connectivity index (χ1) is 7.65. The van der Waals surface area contributed by atoms with E-state index in [1.807, 2.05) is 6.07 Å². The molecule has 3 nitrogen and oxygen atoms in total. The van der Waals surface area contributed by atoms with Crippen molar-refractivity contribution in [3.05, 3.63) is 40.9 Å². The van der Waals surface area contributed by atoms with Crippen molar-refractivity contribution in [1.82, 2.24) is 5.32 Å². The summed E-state index contributed by atoms with van der Waals surface area (Å²) in [6, 6.07) is 8.60. The maximum Gasteiger partial charge on any atom is 0.254 e. The van der Waals surface area contributed by atoms with Crippen LogP contribution in [0.2, 0.25) is 5.02 Å². The van der Waals surface area contributed by atoms with E-state index in [1.54, 1.807) is 18.2 Å². The summed E-state index contributed by atoms with van der Waals surface area (Å²) in [5, 5.41) is 14.2. The Hall–Kier alpha value is -1.74. The number of fused-ring (bicyclic) bond motifs is 1. The Labute approximate surface area is 97.7 Å². The second-order valence-corrected chi connectivity index (χ2v) is 3.79. The van der Waals surface area contributed by atoms with Crippen LogP contribution < -0.4 is 5.32 Å². The van der Waals surface area contributed by atoms with Crippen molar-refractivity contribution in [2.24, 2.45) is 0 Å². The van der Waals surface area contributed by atoms with E-state index in [-0.39, 0.29) is 17.2 Å². The highest BCUT2D eigenvalue weighted by Gasteiger charge is 2.14. The molecule has 2 aromatic carbocycles. The number of phenols is 1. The molecule has 0 fully saturated rings. The number of hydrogen-bond acceptors (Lipinski definition) is 2. The molecule has 0 unspecified atom stereocenters. The zero-order valence-electron chi connectivity index (χ0n) is 8.62. The van der Waals surface area contributed by atoms with Gasteiger partial charge in [0.15, 0.2) is 0 Å². The number of benzene rings is 2. The third kappa shape index (κ3) is 1.59. The van der Waals surface area contributed by atoms with Gasteiger partial charge in [-0.1, -0.05) is 35.9 Å². The van der Waals surface area contributed by atoms with Gasteiger partial charge in [0.1, 0.15) is 5.75 Å². The number of nitrogens with one attached hydrogen (secondary N) is 1. The normalized spacial score (nSPS) is 10.4. The number of aromatic hydroxyl groups is 1. The molecule has 0 bridgehead atoms. The molecule has 2 rings (SSSR count). The van der Waals surface area contributed by atoms with E-state index in [0.717, 1.165) is 5.39 Å². The zero-order chi connectivity index (χ0) is 11.7. The molecule has 0 heterocycles. The maximum atomic E-state index is 11.5. The topological polar surface area (TPSA) is 49.3 Å². The van der Waals surface area contributed by atoms with Crippen LogP contribution in [-0.4, -0.2) is 18.1 Å². The molecule has 0 radical (unpaired) electrons. The number of halogens is 1. The van der Waals surface area contributed by atoms with Gasteiger partial charge in [0.2, 0.25) is 0 Å². The summed E-state index contributed by atoms with van der Waals surface area (Å²) in [5.74, 6) is -0.399. The lowest BCUT2D eigenvalue weighted by atomic mass is 10.0. The van der Waals surface area contributed by atoms with Gasteiger partial charge >= 0.3 is 0 Å². The molecule has 0 aliphatic rings. The average Bonchev–Trinajstić information content (AvgIpc) is 2.33. The number of carbonyl (C=O) groups is 1. The van der Waals surface area contributed by atoms with Crippen molar-refractivity contribution in [1.29, 1.82) is 0 Å². The van der Waals surface area contributed by atoms with Crippen LogP contribution in [0.4, 0.5) is 0 Å². The molecular weight excluding hydrogens is 226 g/mol. The molecule has 0 saturated carbocycles. The SMILES string of the molecule is CNC(=O)c1cc(Cl)c2ccccc2c1O. The summed E-state index contributed by atoms with van der Waals surface area (Å²) in [4.78, 5) is 11.5.